The topological polar surface area (TPSA) is 59.8 Å². The summed E-state index contributed by atoms with van der Waals surface area (Å²) in [6, 6.07) is 5.69. The Morgan fingerprint density at radius 1 is 1.36 bits per heavy atom. The van der Waals surface area contributed by atoms with Crippen molar-refractivity contribution in [1.82, 2.24) is 14.8 Å². The fourth-order valence-electron chi connectivity index (χ4n) is 1.85. The van der Waals surface area contributed by atoms with Crippen LogP contribution in [0.4, 0.5) is 5.69 Å². The maximum absolute atomic E-state index is 12.4. The minimum atomic E-state index is -0.292. The highest BCUT2D eigenvalue weighted by molar-refractivity contribution is 8.00. The molecular weight excluding hydrogens is 320 g/mol. The van der Waals surface area contributed by atoms with Crippen LogP contribution in [-0.2, 0) is 4.79 Å². The number of nitrogens with zero attached hydrogens (tertiary/aromatic N) is 3. The fourth-order valence-corrected chi connectivity index (χ4v) is 2.97. The van der Waals surface area contributed by atoms with Crippen molar-refractivity contribution < 1.29 is 4.79 Å². The van der Waals surface area contributed by atoms with Crippen LogP contribution in [0.25, 0.3) is 0 Å². The van der Waals surface area contributed by atoms with Crippen LogP contribution in [0.5, 0.6) is 0 Å². The predicted molar refractivity (Wildman–Crippen MR) is 90.5 cm³/mol. The van der Waals surface area contributed by atoms with Gasteiger partial charge in [0.05, 0.1) is 5.25 Å². The molecule has 1 amide bonds. The second-order valence-electron chi connectivity index (χ2n) is 5.32. The van der Waals surface area contributed by atoms with Crippen LogP contribution in [0.3, 0.4) is 0 Å². The van der Waals surface area contributed by atoms with Crippen molar-refractivity contribution in [1.29, 1.82) is 0 Å². The van der Waals surface area contributed by atoms with E-state index in [-0.39, 0.29) is 17.2 Å². The molecule has 1 unspecified atom stereocenters. The molecule has 2 aromatic rings. The van der Waals surface area contributed by atoms with E-state index in [1.807, 2.05) is 38.3 Å². The smallest absolute Gasteiger partial charge is 0.237 e. The Morgan fingerprint density at radius 2 is 2.09 bits per heavy atom. The molecule has 1 aromatic carbocycles. The van der Waals surface area contributed by atoms with E-state index in [0.29, 0.717) is 5.02 Å². The highest BCUT2D eigenvalue weighted by atomic mass is 35.5. The first-order valence-electron chi connectivity index (χ1n) is 7.01. The molecule has 2 rings (SSSR count). The molecule has 7 heteroatoms. The molecular formula is C15H19ClN4OS. The van der Waals surface area contributed by atoms with Crippen molar-refractivity contribution in [3.63, 3.8) is 0 Å². The molecule has 22 heavy (non-hydrogen) atoms. The number of thioether (sulfide) groups is 1. The second kappa shape index (κ2) is 7.15. The van der Waals surface area contributed by atoms with E-state index < -0.39 is 0 Å². The number of aromatic nitrogens is 3. The number of amides is 1. The Balaban J connectivity index is 2.06. The van der Waals surface area contributed by atoms with Crippen LogP contribution in [0.15, 0.2) is 29.7 Å². The van der Waals surface area contributed by atoms with Gasteiger partial charge in [-0.1, -0.05) is 29.4 Å². The molecule has 5 nitrogen and oxygen atoms in total. The highest BCUT2D eigenvalue weighted by Crippen LogP contribution is 2.26. The summed E-state index contributed by atoms with van der Waals surface area (Å²) in [5.74, 6) is -0.0892. The van der Waals surface area contributed by atoms with Crippen LogP contribution in [0.1, 0.15) is 32.4 Å². The van der Waals surface area contributed by atoms with E-state index in [2.05, 4.69) is 15.5 Å². The lowest BCUT2D eigenvalue weighted by atomic mass is 10.2. The molecule has 0 aliphatic heterocycles. The number of halogens is 1. The number of aryl methyl sites for hydroxylation is 1. The largest absolute Gasteiger partial charge is 0.325 e. The fraction of sp³-hybridized carbons (Fsp3) is 0.400. The van der Waals surface area contributed by atoms with Crippen molar-refractivity contribution in [2.45, 2.75) is 44.1 Å². The summed E-state index contributed by atoms with van der Waals surface area (Å²) in [6.07, 6.45) is 1.68. The number of anilines is 1. The van der Waals surface area contributed by atoms with Gasteiger partial charge < -0.3 is 9.88 Å². The molecule has 0 saturated carbocycles. The number of hydrogen-bond donors (Lipinski definition) is 1. The van der Waals surface area contributed by atoms with Crippen molar-refractivity contribution in [3.05, 3.63) is 35.1 Å². The predicted octanol–water partition coefficient (Wildman–Crippen LogP) is 3.94. The van der Waals surface area contributed by atoms with Gasteiger partial charge in [0, 0.05) is 16.8 Å². The number of hydrogen-bond acceptors (Lipinski definition) is 4. The lowest BCUT2D eigenvalue weighted by Crippen LogP contribution is -2.23. The van der Waals surface area contributed by atoms with Gasteiger partial charge in [0.2, 0.25) is 5.91 Å². The van der Waals surface area contributed by atoms with E-state index in [1.165, 1.54) is 11.8 Å². The average molecular weight is 339 g/mol. The number of nitrogens with one attached hydrogen (secondary N) is 1. The van der Waals surface area contributed by atoms with Gasteiger partial charge in [0.15, 0.2) is 5.16 Å². The minimum Gasteiger partial charge on any atom is -0.325 e. The normalized spacial score (nSPS) is 12.5. The molecule has 0 fully saturated rings. The van der Waals surface area contributed by atoms with E-state index >= 15 is 0 Å². The van der Waals surface area contributed by atoms with Crippen molar-refractivity contribution in [2.75, 3.05) is 5.32 Å². The summed E-state index contributed by atoms with van der Waals surface area (Å²) < 4.78 is 1.94. The summed E-state index contributed by atoms with van der Waals surface area (Å²) in [7, 11) is 0. The molecule has 1 atom stereocenters. The van der Waals surface area contributed by atoms with Gasteiger partial charge in [-0.15, -0.1) is 10.2 Å². The van der Waals surface area contributed by atoms with Gasteiger partial charge in [-0.3, -0.25) is 4.79 Å². The zero-order chi connectivity index (χ0) is 16.3. The quantitative estimate of drug-likeness (QED) is 0.839. The Bertz CT molecular complexity index is 671. The van der Waals surface area contributed by atoms with Crippen LogP contribution < -0.4 is 5.32 Å². The van der Waals surface area contributed by atoms with Crippen molar-refractivity contribution >= 4 is 35.0 Å². The molecule has 0 saturated heterocycles. The third-order valence-electron chi connectivity index (χ3n) is 3.21. The van der Waals surface area contributed by atoms with Crippen LogP contribution >= 0.6 is 23.4 Å². The Hall–Kier alpha value is -1.53. The average Bonchev–Trinajstić information content (AvgIpc) is 2.91. The van der Waals surface area contributed by atoms with Gasteiger partial charge in [0.1, 0.15) is 6.33 Å². The number of benzene rings is 1. The first-order valence-corrected chi connectivity index (χ1v) is 8.27. The number of rotatable bonds is 5. The van der Waals surface area contributed by atoms with Gasteiger partial charge in [-0.05, 0) is 45.4 Å². The lowest BCUT2D eigenvalue weighted by molar-refractivity contribution is -0.115. The zero-order valence-electron chi connectivity index (χ0n) is 13.0. The van der Waals surface area contributed by atoms with Crippen LogP contribution in [-0.4, -0.2) is 25.9 Å². The summed E-state index contributed by atoms with van der Waals surface area (Å²) in [5, 5.41) is 11.9. The third-order valence-corrected chi connectivity index (χ3v) is 4.51. The maximum Gasteiger partial charge on any atom is 0.237 e. The summed E-state index contributed by atoms with van der Waals surface area (Å²) in [5.41, 5.74) is 1.70. The summed E-state index contributed by atoms with van der Waals surface area (Å²) >= 11 is 7.36. The first kappa shape index (κ1) is 16.8. The second-order valence-corrected chi connectivity index (χ2v) is 7.07. The third kappa shape index (κ3) is 4.01. The van der Waals surface area contributed by atoms with Gasteiger partial charge in [-0.25, -0.2) is 0 Å². The highest BCUT2D eigenvalue weighted by Gasteiger charge is 2.19. The van der Waals surface area contributed by atoms with Gasteiger partial charge in [0.25, 0.3) is 0 Å². The molecule has 1 heterocycles. The van der Waals surface area contributed by atoms with Crippen molar-refractivity contribution in [2.24, 2.45) is 0 Å². The Morgan fingerprint density at radius 3 is 2.77 bits per heavy atom. The van der Waals surface area contributed by atoms with Gasteiger partial charge in [-0.2, -0.15) is 0 Å². The van der Waals surface area contributed by atoms with E-state index in [4.69, 9.17) is 11.6 Å². The number of carbonyl (C=O) groups is 1. The summed E-state index contributed by atoms with van der Waals surface area (Å²) in [6.45, 7) is 7.87. The van der Waals surface area contributed by atoms with Gasteiger partial charge >= 0.3 is 0 Å². The standard InChI is InChI=1S/C15H19ClN4OS/c1-9(2)20-8-17-19-15(20)22-11(4)14(21)18-13-7-12(16)6-5-10(13)3/h5-9,11H,1-4H3,(H,18,21). The SMILES string of the molecule is Cc1ccc(Cl)cc1NC(=O)C(C)Sc1nncn1C(C)C. The molecule has 0 aliphatic rings. The molecule has 1 aromatic heterocycles. The summed E-state index contributed by atoms with van der Waals surface area (Å²) in [4.78, 5) is 12.4. The Kier molecular flexibility index (Phi) is 5.47. The number of carbonyl (C=O) groups excluding carboxylic acids is 1. The molecule has 1 N–H and O–H groups in total. The molecule has 0 spiro atoms. The van der Waals surface area contributed by atoms with E-state index in [0.717, 1.165) is 16.4 Å². The minimum absolute atomic E-state index is 0.0892. The van der Waals surface area contributed by atoms with E-state index in [1.54, 1.807) is 18.5 Å². The van der Waals surface area contributed by atoms with Crippen LogP contribution in [0.2, 0.25) is 5.02 Å². The van der Waals surface area contributed by atoms with E-state index in [9.17, 15) is 4.79 Å². The molecule has 0 aliphatic carbocycles. The Labute approximate surface area is 139 Å². The first-order chi connectivity index (χ1) is 10.4. The molecule has 118 valence electrons. The van der Waals surface area contributed by atoms with Crippen molar-refractivity contribution in [3.8, 4) is 0 Å². The zero-order valence-corrected chi connectivity index (χ0v) is 14.6. The van der Waals surface area contributed by atoms with Crippen LogP contribution in [0, 0.1) is 6.92 Å². The maximum atomic E-state index is 12.4. The lowest BCUT2D eigenvalue weighted by Gasteiger charge is -2.15. The molecule has 0 bridgehead atoms. The monoisotopic (exact) mass is 338 g/mol. The molecule has 0 radical (unpaired) electrons.